The molecule has 246 valence electrons. The van der Waals surface area contributed by atoms with Crippen LogP contribution in [-0.2, 0) is 19.7 Å². The molecule has 3 heterocycles. The fourth-order valence-electron chi connectivity index (χ4n) is 6.30. The number of benzene rings is 3. The maximum absolute atomic E-state index is 14.0. The molecule has 2 amide bonds. The molecular weight excluding hydrogens is 639 g/mol. The monoisotopic (exact) mass is 676 g/mol. The summed E-state index contributed by atoms with van der Waals surface area (Å²) in [5, 5.41) is 0.264. The van der Waals surface area contributed by atoms with Gasteiger partial charge in [0.05, 0.1) is 28.5 Å². The molecule has 2 N–H and O–H groups in total. The Morgan fingerprint density at radius 3 is 2.43 bits per heavy atom. The van der Waals surface area contributed by atoms with Crippen LogP contribution in [0.2, 0.25) is 5.02 Å². The molecule has 10 heteroatoms. The van der Waals surface area contributed by atoms with Crippen LogP contribution in [0.25, 0.3) is 21.6 Å². The van der Waals surface area contributed by atoms with Gasteiger partial charge in [-0.1, -0.05) is 54.1 Å². The number of hydrogen-bond donors (Lipinski definition) is 1. The van der Waals surface area contributed by atoms with Crippen molar-refractivity contribution in [2.24, 2.45) is 5.73 Å². The fourth-order valence-corrected chi connectivity index (χ4v) is 7.81. The lowest BCUT2D eigenvalue weighted by molar-refractivity contribution is -0.163. The molecule has 0 radical (unpaired) electrons. The van der Waals surface area contributed by atoms with Crippen molar-refractivity contribution >= 4 is 34.8 Å². The average Bonchev–Trinajstić information content (AvgIpc) is 3.54. The molecule has 2 fully saturated rings. The molecule has 6 rings (SSSR count). The first kappa shape index (κ1) is 33.2. The molecule has 0 aliphatic carbocycles. The van der Waals surface area contributed by atoms with Gasteiger partial charge in [0, 0.05) is 42.1 Å². The maximum atomic E-state index is 14.0. The van der Waals surface area contributed by atoms with E-state index in [1.807, 2.05) is 60.7 Å². The first-order valence-electron chi connectivity index (χ1n) is 16.0. The lowest BCUT2D eigenvalue weighted by atomic mass is 9.72. The summed E-state index contributed by atoms with van der Waals surface area (Å²) in [4.78, 5) is 29.6. The highest BCUT2D eigenvalue weighted by Crippen LogP contribution is 2.44. The van der Waals surface area contributed by atoms with Crippen molar-refractivity contribution in [3.8, 4) is 27.3 Å². The number of halogens is 2. The first-order valence-corrected chi connectivity index (χ1v) is 17.2. The van der Waals surface area contributed by atoms with Gasteiger partial charge in [0.25, 0.3) is 5.91 Å². The topological polar surface area (TPSA) is 91.1 Å². The highest BCUT2D eigenvalue weighted by atomic mass is 35.5. The van der Waals surface area contributed by atoms with Crippen LogP contribution in [0.15, 0.2) is 78.9 Å². The normalized spacial score (nSPS) is 17.7. The largest absolute Gasteiger partial charge is 0.494 e. The van der Waals surface area contributed by atoms with Gasteiger partial charge >= 0.3 is 0 Å². The summed E-state index contributed by atoms with van der Waals surface area (Å²) in [5.74, 6) is -0.221. The molecule has 3 aromatic carbocycles. The van der Waals surface area contributed by atoms with Crippen LogP contribution in [0.3, 0.4) is 0 Å². The van der Waals surface area contributed by atoms with Crippen LogP contribution in [0.5, 0.6) is 5.75 Å². The van der Waals surface area contributed by atoms with Gasteiger partial charge in [-0.3, -0.25) is 9.59 Å². The Balaban J connectivity index is 1.18. The quantitative estimate of drug-likeness (QED) is 0.164. The van der Waals surface area contributed by atoms with Gasteiger partial charge in [0.1, 0.15) is 11.6 Å². The third kappa shape index (κ3) is 7.54. The molecule has 2 aliphatic rings. The van der Waals surface area contributed by atoms with Crippen LogP contribution in [0.4, 0.5) is 4.39 Å². The van der Waals surface area contributed by atoms with Crippen LogP contribution < -0.4 is 10.5 Å². The van der Waals surface area contributed by atoms with E-state index in [4.69, 9.17) is 31.5 Å². The van der Waals surface area contributed by atoms with Gasteiger partial charge in [0.15, 0.2) is 6.29 Å². The van der Waals surface area contributed by atoms with Gasteiger partial charge in [-0.15, -0.1) is 11.3 Å². The standard InChI is InChI=1S/C37H38ClFN2O5S/c38-31-23-27(39)12-15-29(31)34-30(25-10-13-28(14-11-25)44-21-6-22-46-33-9-4-5-20-45-33)24-32(47-34)35(42)41-18-16-37(17-19-41,36(40)43)26-7-2-1-3-8-26/h1-3,7-8,10-15,23-24,33H,4-6,9,16-22H2,(H2,40,43). The number of thiophene rings is 1. The van der Waals surface area contributed by atoms with Crippen LogP contribution in [0, 0.1) is 5.82 Å². The van der Waals surface area contributed by atoms with Crippen molar-refractivity contribution in [3.05, 3.63) is 100 Å². The van der Waals surface area contributed by atoms with Gasteiger partial charge in [-0.25, -0.2) is 4.39 Å². The summed E-state index contributed by atoms with van der Waals surface area (Å²) in [5.41, 5.74) is 8.31. The first-order chi connectivity index (χ1) is 22.8. The number of hydrogen-bond acceptors (Lipinski definition) is 6. The van der Waals surface area contributed by atoms with Gasteiger partial charge < -0.3 is 24.8 Å². The second-order valence-corrected chi connectivity index (χ2v) is 13.4. The summed E-state index contributed by atoms with van der Waals surface area (Å²) in [6, 6.07) is 23.4. The minimum Gasteiger partial charge on any atom is -0.494 e. The number of carbonyl (C=O) groups is 2. The Bertz CT molecular complexity index is 1680. The minimum absolute atomic E-state index is 0.109. The lowest BCUT2D eigenvalue weighted by Crippen LogP contribution is -2.51. The third-order valence-corrected chi connectivity index (χ3v) is 10.5. The predicted molar refractivity (Wildman–Crippen MR) is 182 cm³/mol. The Kier molecular flexibility index (Phi) is 10.6. The van der Waals surface area contributed by atoms with E-state index in [-0.39, 0.29) is 23.1 Å². The molecule has 1 aromatic heterocycles. The van der Waals surface area contributed by atoms with Crippen LogP contribution >= 0.6 is 22.9 Å². The van der Waals surface area contributed by atoms with Crippen molar-refractivity contribution in [3.63, 3.8) is 0 Å². The predicted octanol–water partition coefficient (Wildman–Crippen LogP) is 7.85. The molecule has 1 atom stereocenters. The Hall–Kier alpha value is -3.76. The van der Waals surface area contributed by atoms with Gasteiger partial charge in [-0.2, -0.15) is 0 Å². The lowest BCUT2D eigenvalue weighted by Gasteiger charge is -2.40. The zero-order chi connectivity index (χ0) is 32.8. The van der Waals surface area contributed by atoms with Crippen molar-refractivity contribution in [1.82, 2.24) is 4.90 Å². The fraction of sp³-hybridized carbons (Fsp3) is 0.351. The van der Waals surface area contributed by atoms with E-state index in [1.54, 1.807) is 11.0 Å². The molecule has 7 nitrogen and oxygen atoms in total. The number of ether oxygens (including phenoxy) is 3. The van der Waals surface area contributed by atoms with Crippen molar-refractivity contribution in [2.75, 3.05) is 32.9 Å². The average molecular weight is 677 g/mol. The SMILES string of the molecule is NC(=O)C1(c2ccccc2)CCN(C(=O)c2cc(-c3ccc(OCCCOC4CCCCO4)cc3)c(-c3ccc(F)cc3Cl)s2)CC1. The highest BCUT2D eigenvalue weighted by Gasteiger charge is 2.42. The second kappa shape index (κ2) is 15.0. The minimum atomic E-state index is -0.813. The number of nitrogens with two attached hydrogens (primary N) is 1. The van der Waals surface area contributed by atoms with Crippen LogP contribution in [0.1, 0.15) is 53.8 Å². The summed E-state index contributed by atoms with van der Waals surface area (Å²) in [6.45, 7) is 2.62. The molecule has 4 aromatic rings. The molecule has 0 bridgehead atoms. The molecule has 0 saturated carbocycles. The molecule has 1 unspecified atom stereocenters. The van der Waals surface area contributed by atoms with Gasteiger partial charge in [-0.05, 0) is 79.6 Å². The highest BCUT2D eigenvalue weighted by molar-refractivity contribution is 7.18. The van der Waals surface area contributed by atoms with E-state index >= 15 is 0 Å². The molecule has 2 aliphatic heterocycles. The Morgan fingerprint density at radius 2 is 1.74 bits per heavy atom. The number of amides is 2. The van der Waals surface area contributed by atoms with E-state index in [9.17, 15) is 14.0 Å². The number of carbonyl (C=O) groups excluding carboxylic acids is 2. The zero-order valence-corrected chi connectivity index (χ0v) is 27.7. The van der Waals surface area contributed by atoms with Crippen molar-refractivity contribution < 1.29 is 28.2 Å². The van der Waals surface area contributed by atoms with E-state index < -0.39 is 11.2 Å². The molecule has 47 heavy (non-hydrogen) atoms. The number of primary amides is 1. The number of likely N-dealkylation sites (tertiary alicyclic amines) is 1. The zero-order valence-electron chi connectivity index (χ0n) is 26.1. The van der Waals surface area contributed by atoms with Crippen molar-refractivity contribution in [1.29, 1.82) is 0 Å². The summed E-state index contributed by atoms with van der Waals surface area (Å²) in [7, 11) is 0. The third-order valence-electron chi connectivity index (χ3n) is 8.99. The molecule has 0 spiro atoms. The molecule has 2 saturated heterocycles. The number of rotatable bonds is 11. The van der Waals surface area contributed by atoms with Crippen molar-refractivity contribution in [2.45, 2.75) is 50.2 Å². The van der Waals surface area contributed by atoms with E-state index in [1.165, 1.54) is 23.5 Å². The number of piperidine rings is 1. The Labute approximate surface area is 283 Å². The number of nitrogens with zero attached hydrogens (tertiary/aromatic N) is 1. The molecular formula is C37H38ClFN2O5S. The van der Waals surface area contributed by atoms with Crippen LogP contribution in [-0.4, -0.2) is 55.9 Å². The smallest absolute Gasteiger partial charge is 0.263 e. The summed E-state index contributed by atoms with van der Waals surface area (Å²) < 4.78 is 31.3. The second-order valence-electron chi connectivity index (χ2n) is 12.0. The van der Waals surface area contributed by atoms with E-state index in [0.29, 0.717) is 49.6 Å². The van der Waals surface area contributed by atoms with E-state index in [2.05, 4.69) is 0 Å². The Morgan fingerprint density at radius 1 is 0.979 bits per heavy atom. The maximum Gasteiger partial charge on any atom is 0.263 e. The summed E-state index contributed by atoms with van der Waals surface area (Å²) >= 11 is 7.85. The summed E-state index contributed by atoms with van der Waals surface area (Å²) in [6.07, 6.45) is 4.67. The van der Waals surface area contributed by atoms with Gasteiger partial charge in [0.2, 0.25) is 5.91 Å². The van der Waals surface area contributed by atoms with E-state index in [0.717, 1.165) is 59.6 Å².